The van der Waals surface area contributed by atoms with Gasteiger partial charge in [0, 0.05) is 11.5 Å². The number of fused-ring (bicyclic) bond motifs is 1. The molecule has 0 aliphatic rings. The normalized spacial score (nSPS) is 11.7. The fourth-order valence-electron chi connectivity index (χ4n) is 3.03. The summed E-state index contributed by atoms with van der Waals surface area (Å²) in [6.07, 6.45) is 0. The number of halogens is 4. The van der Waals surface area contributed by atoms with Crippen LogP contribution in [0.15, 0.2) is 76.7 Å². The molecule has 0 saturated carbocycles. The SMILES string of the molecule is O=S(=O)(c1cc(F)cc(F)c1)c1cc(-c2cccc(F)c2)c2cccc(F)c2n1. The van der Waals surface area contributed by atoms with E-state index in [1.807, 2.05) is 0 Å². The van der Waals surface area contributed by atoms with Gasteiger partial charge in [0.1, 0.15) is 28.8 Å². The van der Waals surface area contributed by atoms with Gasteiger partial charge < -0.3 is 0 Å². The molecule has 146 valence electrons. The van der Waals surface area contributed by atoms with Gasteiger partial charge in [-0.3, -0.25) is 0 Å². The quantitative estimate of drug-likeness (QED) is 0.426. The van der Waals surface area contributed by atoms with Crippen molar-refractivity contribution in [3.8, 4) is 11.1 Å². The number of sulfone groups is 1. The Bertz CT molecular complexity index is 1350. The van der Waals surface area contributed by atoms with Crippen LogP contribution >= 0.6 is 0 Å². The van der Waals surface area contributed by atoms with Crippen molar-refractivity contribution in [1.29, 1.82) is 0 Å². The average Bonchev–Trinajstić information content (AvgIpc) is 2.67. The molecule has 0 bridgehead atoms. The van der Waals surface area contributed by atoms with Crippen molar-refractivity contribution < 1.29 is 26.0 Å². The zero-order valence-electron chi connectivity index (χ0n) is 14.5. The van der Waals surface area contributed by atoms with Crippen LogP contribution < -0.4 is 0 Å². The minimum Gasteiger partial charge on any atom is -0.233 e. The molecule has 0 amide bonds. The van der Waals surface area contributed by atoms with Crippen molar-refractivity contribution in [3.05, 3.63) is 90.0 Å². The number of para-hydroxylation sites is 1. The van der Waals surface area contributed by atoms with Gasteiger partial charge in [-0.15, -0.1) is 0 Å². The Kier molecular flexibility index (Phi) is 4.58. The van der Waals surface area contributed by atoms with Gasteiger partial charge in [-0.25, -0.2) is 31.0 Å². The van der Waals surface area contributed by atoms with E-state index in [1.165, 1.54) is 30.3 Å². The summed E-state index contributed by atoms with van der Waals surface area (Å²) in [6.45, 7) is 0. The second-order valence-electron chi connectivity index (χ2n) is 6.26. The Hall–Kier alpha value is -3.26. The third-order valence-corrected chi connectivity index (χ3v) is 5.94. The standard InChI is InChI=1S/C21H11F4NO2S/c22-13-4-1-3-12(7-13)18-11-20(26-21-17(18)5-2-6-19(21)25)29(27,28)16-9-14(23)8-15(24)10-16/h1-11H. The molecule has 0 N–H and O–H groups in total. The van der Waals surface area contributed by atoms with E-state index < -0.39 is 43.0 Å². The molecule has 8 heteroatoms. The summed E-state index contributed by atoms with van der Waals surface area (Å²) in [6, 6.07) is 12.3. The summed E-state index contributed by atoms with van der Waals surface area (Å²) >= 11 is 0. The van der Waals surface area contributed by atoms with Gasteiger partial charge in [-0.2, -0.15) is 0 Å². The Morgan fingerprint density at radius 2 is 1.41 bits per heavy atom. The topological polar surface area (TPSA) is 47.0 Å². The second-order valence-corrected chi connectivity index (χ2v) is 8.16. The van der Waals surface area contributed by atoms with Gasteiger partial charge in [0.15, 0.2) is 5.03 Å². The lowest BCUT2D eigenvalue weighted by atomic mass is 10.0. The van der Waals surface area contributed by atoms with Crippen molar-refractivity contribution in [3.63, 3.8) is 0 Å². The van der Waals surface area contributed by atoms with Crippen LogP contribution in [0.2, 0.25) is 0 Å². The first-order valence-electron chi connectivity index (χ1n) is 8.32. The number of aromatic nitrogens is 1. The monoisotopic (exact) mass is 417 g/mol. The van der Waals surface area contributed by atoms with Crippen molar-refractivity contribution in [1.82, 2.24) is 4.98 Å². The molecular weight excluding hydrogens is 406 g/mol. The maximum Gasteiger partial charge on any atom is 0.224 e. The van der Waals surface area contributed by atoms with Crippen LogP contribution in [0.5, 0.6) is 0 Å². The lowest BCUT2D eigenvalue weighted by molar-refractivity contribution is 0.566. The molecule has 0 unspecified atom stereocenters. The lowest BCUT2D eigenvalue weighted by Gasteiger charge is -2.11. The molecule has 0 aliphatic heterocycles. The van der Waals surface area contributed by atoms with Crippen LogP contribution in [-0.2, 0) is 9.84 Å². The third-order valence-electron chi connectivity index (χ3n) is 4.32. The van der Waals surface area contributed by atoms with Crippen molar-refractivity contribution in [2.75, 3.05) is 0 Å². The molecule has 0 saturated heterocycles. The van der Waals surface area contributed by atoms with Crippen molar-refractivity contribution in [2.24, 2.45) is 0 Å². The van der Waals surface area contributed by atoms with E-state index in [-0.39, 0.29) is 16.5 Å². The highest BCUT2D eigenvalue weighted by Crippen LogP contribution is 2.33. The van der Waals surface area contributed by atoms with Crippen LogP contribution in [0.25, 0.3) is 22.0 Å². The molecule has 0 fully saturated rings. The largest absolute Gasteiger partial charge is 0.233 e. The molecule has 4 rings (SSSR count). The number of hydrogen-bond donors (Lipinski definition) is 0. The summed E-state index contributed by atoms with van der Waals surface area (Å²) < 4.78 is 81.1. The van der Waals surface area contributed by atoms with E-state index in [0.29, 0.717) is 23.8 Å². The number of rotatable bonds is 3. The average molecular weight is 417 g/mol. The zero-order valence-corrected chi connectivity index (χ0v) is 15.4. The molecule has 0 radical (unpaired) electrons. The fraction of sp³-hybridized carbons (Fsp3) is 0. The maximum absolute atomic E-state index is 14.4. The summed E-state index contributed by atoms with van der Waals surface area (Å²) in [5.74, 6) is -3.52. The van der Waals surface area contributed by atoms with Gasteiger partial charge in [-0.05, 0) is 47.5 Å². The highest BCUT2D eigenvalue weighted by molar-refractivity contribution is 7.91. The molecule has 29 heavy (non-hydrogen) atoms. The van der Waals surface area contributed by atoms with E-state index in [4.69, 9.17) is 0 Å². The molecular formula is C21H11F4NO2S. The Morgan fingerprint density at radius 1 is 0.724 bits per heavy atom. The Labute approximate surface area is 163 Å². The number of benzene rings is 3. The second kappa shape index (κ2) is 6.97. The highest BCUT2D eigenvalue weighted by Gasteiger charge is 2.24. The zero-order chi connectivity index (χ0) is 20.8. The first kappa shape index (κ1) is 19.1. The van der Waals surface area contributed by atoms with E-state index in [1.54, 1.807) is 0 Å². The first-order valence-corrected chi connectivity index (χ1v) is 9.80. The molecule has 0 atom stereocenters. The van der Waals surface area contributed by atoms with Crippen LogP contribution in [0.1, 0.15) is 0 Å². The molecule has 4 aromatic rings. The third kappa shape index (κ3) is 3.47. The summed E-state index contributed by atoms with van der Waals surface area (Å²) in [7, 11) is -4.48. The lowest BCUT2D eigenvalue weighted by Crippen LogP contribution is -2.07. The van der Waals surface area contributed by atoms with Gasteiger partial charge >= 0.3 is 0 Å². The predicted molar refractivity (Wildman–Crippen MR) is 98.9 cm³/mol. The van der Waals surface area contributed by atoms with Gasteiger partial charge in [0.05, 0.1) is 4.90 Å². The molecule has 0 spiro atoms. The molecule has 1 heterocycles. The fourth-order valence-corrected chi connectivity index (χ4v) is 4.29. The number of hydrogen-bond acceptors (Lipinski definition) is 3. The van der Waals surface area contributed by atoms with E-state index in [9.17, 15) is 26.0 Å². The molecule has 3 aromatic carbocycles. The van der Waals surface area contributed by atoms with E-state index in [0.717, 1.165) is 18.2 Å². The van der Waals surface area contributed by atoms with Crippen LogP contribution in [-0.4, -0.2) is 13.4 Å². The maximum atomic E-state index is 14.4. The van der Waals surface area contributed by atoms with Crippen LogP contribution in [0, 0.1) is 23.3 Å². The van der Waals surface area contributed by atoms with E-state index >= 15 is 0 Å². The van der Waals surface area contributed by atoms with Gasteiger partial charge in [-0.1, -0.05) is 24.3 Å². The van der Waals surface area contributed by atoms with Crippen LogP contribution in [0.3, 0.4) is 0 Å². The van der Waals surface area contributed by atoms with Gasteiger partial charge in [0.2, 0.25) is 9.84 Å². The molecule has 3 nitrogen and oxygen atoms in total. The molecule has 1 aromatic heterocycles. The Morgan fingerprint density at radius 3 is 2.10 bits per heavy atom. The summed E-state index contributed by atoms with van der Waals surface area (Å²) in [5.41, 5.74) is 0.249. The number of pyridine rings is 1. The van der Waals surface area contributed by atoms with Crippen LogP contribution in [0.4, 0.5) is 17.6 Å². The van der Waals surface area contributed by atoms with Gasteiger partial charge in [0.25, 0.3) is 0 Å². The minimum atomic E-state index is -4.48. The van der Waals surface area contributed by atoms with Crippen molar-refractivity contribution in [2.45, 2.75) is 9.92 Å². The smallest absolute Gasteiger partial charge is 0.224 e. The van der Waals surface area contributed by atoms with Crippen molar-refractivity contribution >= 4 is 20.7 Å². The first-order chi connectivity index (χ1) is 13.8. The minimum absolute atomic E-state index is 0.212. The summed E-state index contributed by atoms with van der Waals surface area (Å²) in [5, 5.41) is -0.348. The van der Waals surface area contributed by atoms with E-state index in [2.05, 4.69) is 4.98 Å². The highest BCUT2D eigenvalue weighted by atomic mass is 32.2. The molecule has 0 aliphatic carbocycles. The summed E-state index contributed by atoms with van der Waals surface area (Å²) in [4.78, 5) is 3.23. The number of nitrogens with zero attached hydrogens (tertiary/aromatic N) is 1. The predicted octanol–water partition coefficient (Wildman–Crippen LogP) is 5.29. The Balaban J connectivity index is 2.05.